The number of hydrogen-bond acceptors (Lipinski definition) is 4. The summed E-state index contributed by atoms with van der Waals surface area (Å²) in [7, 11) is 0. The minimum absolute atomic E-state index is 0.0900. The van der Waals surface area contributed by atoms with Crippen LogP contribution in [0.2, 0.25) is 0 Å². The minimum atomic E-state index is 0.0900. The highest BCUT2D eigenvalue weighted by molar-refractivity contribution is 5.36. The van der Waals surface area contributed by atoms with E-state index in [1.807, 2.05) is 24.3 Å². The largest absolute Gasteiger partial charge is 0.392 e. The molecule has 1 atom stereocenters. The van der Waals surface area contributed by atoms with Crippen molar-refractivity contribution in [2.45, 2.75) is 12.6 Å². The highest BCUT2D eigenvalue weighted by Crippen LogP contribution is 2.13. The Morgan fingerprint density at radius 3 is 2.90 bits per heavy atom. The van der Waals surface area contributed by atoms with E-state index in [9.17, 15) is 0 Å². The molecule has 2 saturated heterocycles. The van der Waals surface area contributed by atoms with Gasteiger partial charge in [-0.15, -0.1) is 0 Å². The molecule has 0 aliphatic carbocycles. The lowest BCUT2D eigenvalue weighted by Crippen LogP contribution is -2.48. The van der Waals surface area contributed by atoms with Crippen molar-refractivity contribution in [1.29, 1.82) is 0 Å². The zero-order valence-electron chi connectivity index (χ0n) is 11.7. The van der Waals surface area contributed by atoms with E-state index in [0.29, 0.717) is 6.04 Å². The van der Waals surface area contributed by atoms with Gasteiger partial charge in [0.2, 0.25) is 0 Å². The standard InChI is InChI=1S/C16H21N3O/c20-12-15-5-3-14(4-6-15)2-1-8-18-11-16-10-17-7-9-19(16)13-18/h3-6,16-17,20H,7-13H2/t16-/m0/s1. The van der Waals surface area contributed by atoms with Crippen molar-refractivity contribution in [2.24, 2.45) is 0 Å². The number of hydrogen-bond donors (Lipinski definition) is 2. The highest BCUT2D eigenvalue weighted by Gasteiger charge is 2.31. The maximum absolute atomic E-state index is 9.00. The van der Waals surface area contributed by atoms with Crippen molar-refractivity contribution in [2.75, 3.05) is 39.4 Å². The summed E-state index contributed by atoms with van der Waals surface area (Å²) < 4.78 is 0. The van der Waals surface area contributed by atoms with Crippen LogP contribution < -0.4 is 5.32 Å². The van der Waals surface area contributed by atoms with E-state index in [-0.39, 0.29) is 6.61 Å². The molecule has 1 aromatic carbocycles. The van der Waals surface area contributed by atoms with Crippen LogP contribution in [0.15, 0.2) is 24.3 Å². The predicted octanol–water partition coefficient (Wildman–Crippen LogP) is 0.0773. The molecule has 2 aliphatic rings. The van der Waals surface area contributed by atoms with Gasteiger partial charge in [0.25, 0.3) is 0 Å². The van der Waals surface area contributed by atoms with E-state index < -0.39 is 0 Å². The molecule has 2 heterocycles. The van der Waals surface area contributed by atoms with Gasteiger partial charge in [0.15, 0.2) is 0 Å². The van der Waals surface area contributed by atoms with Crippen LogP contribution in [0.5, 0.6) is 0 Å². The normalized spacial score (nSPS) is 23.1. The number of aliphatic hydroxyl groups is 1. The monoisotopic (exact) mass is 271 g/mol. The van der Waals surface area contributed by atoms with Gasteiger partial charge in [-0.3, -0.25) is 9.80 Å². The smallest absolute Gasteiger partial charge is 0.0681 e. The lowest BCUT2D eigenvalue weighted by atomic mass is 10.1. The molecular formula is C16H21N3O. The number of benzene rings is 1. The molecule has 0 saturated carbocycles. The minimum Gasteiger partial charge on any atom is -0.392 e. The Balaban J connectivity index is 1.53. The number of aliphatic hydroxyl groups excluding tert-OH is 1. The fraction of sp³-hybridized carbons (Fsp3) is 0.500. The maximum Gasteiger partial charge on any atom is 0.0681 e. The van der Waals surface area contributed by atoms with E-state index in [0.717, 1.165) is 50.5 Å². The third-order valence-electron chi connectivity index (χ3n) is 3.99. The third kappa shape index (κ3) is 3.20. The van der Waals surface area contributed by atoms with Crippen LogP contribution in [0.4, 0.5) is 0 Å². The number of nitrogens with zero attached hydrogens (tertiary/aromatic N) is 2. The molecule has 0 aromatic heterocycles. The van der Waals surface area contributed by atoms with Gasteiger partial charge >= 0.3 is 0 Å². The number of piperazine rings is 1. The van der Waals surface area contributed by atoms with Gasteiger partial charge in [0.1, 0.15) is 0 Å². The molecule has 1 aromatic rings. The summed E-state index contributed by atoms with van der Waals surface area (Å²) in [6.45, 7) is 6.44. The van der Waals surface area contributed by atoms with Gasteiger partial charge in [-0.25, -0.2) is 0 Å². The van der Waals surface area contributed by atoms with Crippen molar-refractivity contribution in [3.8, 4) is 11.8 Å². The average Bonchev–Trinajstić information content (AvgIpc) is 2.90. The number of fused-ring (bicyclic) bond motifs is 1. The van der Waals surface area contributed by atoms with Crippen molar-refractivity contribution in [3.63, 3.8) is 0 Å². The second kappa shape index (κ2) is 6.38. The summed E-state index contributed by atoms with van der Waals surface area (Å²) in [5, 5.41) is 12.4. The Hall–Kier alpha value is -1.38. The summed E-state index contributed by atoms with van der Waals surface area (Å²) in [5.41, 5.74) is 1.94. The first-order valence-electron chi connectivity index (χ1n) is 7.21. The van der Waals surface area contributed by atoms with Crippen LogP contribution in [-0.2, 0) is 6.61 Å². The van der Waals surface area contributed by atoms with E-state index in [4.69, 9.17) is 5.11 Å². The molecule has 0 spiro atoms. The molecule has 106 valence electrons. The molecule has 2 fully saturated rings. The second-order valence-corrected chi connectivity index (χ2v) is 5.48. The van der Waals surface area contributed by atoms with Crippen LogP contribution in [0, 0.1) is 11.8 Å². The molecule has 0 unspecified atom stereocenters. The molecule has 0 radical (unpaired) electrons. The lowest BCUT2D eigenvalue weighted by molar-refractivity contribution is 0.200. The topological polar surface area (TPSA) is 38.7 Å². The molecule has 4 heteroatoms. The van der Waals surface area contributed by atoms with Crippen molar-refractivity contribution in [3.05, 3.63) is 35.4 Å². The van der Waals surface area contributed by atoms with Crippen LogP contribution in [0.1, 0.15) is 11.1 Å². The van der Waals surface area contributed by atoms with Crippen molar-refractivity contribution >= 4 is 0 Å². The number of nitrogens with one attached hydrogen (secondary N) is 1. The Labute approximate surface area is 120 Å². The van der Waals surface area contributed by atoms with Gasteiger partial charge < -0.3 is 10.4 Å². The quantitative estimate of drug-likeness (QED) is 0.747. The van der Waals surface area contributed by atoms with Crippen LogP contribution in [0.25, 0.3) is 0 Å². The van der Waals surface area contributed by atoms with Gasteiger partial charge in [-0.1, -0.05) is 24.0 Å². The SMILES string of the molecule is OCc1ccc(C#CCN2C[C@@H]3CNCCN3C2)cc1. The van der Waals surface area contributed by atoms with E-state index in [1.165, 1.54) is 0 Å². The van der Waals surface area contributed by atoms with Crippen LogP contribution in [-0.4, -0.2) is 60.3 Å². The van der Waals surface area contributed by atoms with E-state index in [1.54, 1.807) is 0 Å². The summed E-state index contributed by atoms with van der Waals surface area (Å²) in [6, 6.07) is 8.44. The lowest BCUT2D eigenvalue weighted by Gasteiger charge is -2.28. The Bertz CT molecular complexity index is 489. The van der Waals surface area contributed by atoms with Gasteiger partial charge in [-0.2, -0.15) is 0 Å². The van der Waals surface area contributed by atoms with Crippen LogP contribution in [0.3, 0.4) is 0 Å². The van der Waals surface area contributed by atoms with Crippen molar-refractivity contribution < 1.29 is 5.11 Å². The molecule has 20 heavy (non-hydrogen) atoms. The summed E-state index contributed by atoms with van der Waals surface area (Å²) >= 11 is 0. The van der Waals surface area contributed by atoms with Gasteiger partial charge in [-0.05, 0) is 17.7 Å². The zero-order chi connectivity index (χ0) is 13.8. The molecule has 3 rings (SSSR count). The first-order chi connectivity index (χ1) is 9.85. The van der Waals surface area contributed by atoms with Gasteiger partial charge in [0.05, 0.1) is 19.8 Å². The van der Waals surface area contributed by atoms with Crippen molar-refractivity contribution in [1.82, 2.24) is 15.1 Å². The van der Waals surface area contributed by atoms with Crippen LogP contribution >= 0.6 is 0 Å². The molecule has 4 nitrogen and oxygen atoms in total. The second-order valence-electron chi connectivity index (χ2n) is 5.48. The maximum atomic E-state index is 9.00. The molecule has 0 amide bonds. The summed E-state index contributed by atoms with van der Waals surface area (Å²) in [5.74, 6) is 6.45. The summed E-state index contributed by atoms with van der Waals surface area (Å²) in [6.07, 6.45) is 0. The first-order valence-corrected chi connectivity index (χ1v) is 7.21. The fourth-order valence-electron chi connectivity index (χ4n) is 2.84. The molecule has 2 N–H and O–H groups in total. The Kier molecular flexibility index (Phi) is 4.34. The first kappa shape index (κ1) is 13.6. The molecular weight excluding hydrogens is 250 g/mol. The van der Waals surface area contributed by atoms with E-state index >= 15 is 0 Å². The molecule has 0 bridgehead atoms. The molecule has 2 aliphatic heterocycles. The third-order valence-corrected chi connectivity index (χ3v) is 3.99. The fourth-order valence-corrected chi connectivity index (χ4v) is 2.84. The Morgan fingerprint density at radius 1 is 1.30 bits per heavy atom. The number of rotatable bonds is 2. The Morgan fingerprint density at radius 2 is 2.15 bits per heavy atom. The predicted molar refractivity (Wildman–Crippen MR) is 79.0 cm³/mol. The highest BCUT2D eigenvalue weighted by atomic mass is 16.3. The average molecular weight is 271 g/mol. The van der Waals surface area contributed by atoms with E-state index in [2.05, 4.69) is 27.0 Å². The van der Waals surface area contributed by atoms with Gasteiger partial charge in [0, 0.05) is 37.8 Å². The zero-order valence-corrected chi connectivity index (χ0v) is 11.7. The summed E-state index contributed by atoms with van der Waals surface area (Å²) in [4.78, 5) is 4.95.